The number of carbonyl (C=O) groups excluding carboxylic acids is 10. The number of anilines is 1. The molecular formula is C50H71N15O10S. The summed E-state index contributed by atoms with van der Waals surface area (Å²) in [5, 5.41) is 21.7. The van der Waals surface area contributed by atoms with Crippen molar-refractivity contribution in [3.8, 4) is 0 Å². The number of imidazole rings is 1. The SMILES string of the molecule is CSCC[C@H](NC(=O)[C@H](CC(C)C)NC(=O)[C@H](Cc1cnc[nH]1)NC(=O)CNC(=O)[C@@H](NC(=O)[C@H](C)NC(=O)[C@H](Cc1c[nH]c2ccccc12)NC(=O)[C@H](CCC(N)=O)NC(=O)c1ccc(NN)cc1)C(C)C)C(N)=O. The number of aromatic nitrogens is 3. The Kier molecular flexibility index (Phi) is 23.7. The van der Waals surface area contributed by atoms with E-state index in [1.54, 1.807) is 38.2 Å². The number of hydrazine groups is 1. The summed E-state index contributed by atoms with van der Waals surface area (Å²) in [7, 11) is 0. The third kappa shape index (κ3) is 19.0. The first-order valence-corrected chi connectivity index (χ1v) is 26.0. The number of nitrogens with two attached hydrogens (primary N) is 3. The van der Waals surface area contributed by atoms with E-state index in [1.165, 1.54) is 43.3 Å². The molecule has 2 heterocycles. The number of primary amides is 2. The molecule has 17 N–H and O–H groups in total. The number of amides is 10. The van der Waals surface area contributed by atoms with Crippen LogP contribution in [0.25, 0.3) is 10.9 Å². The van der Waals surface area contributed by atoms with Crippen molar-refractivity contribution < 1.29 is 47.9 Å². The highest BCUT2D eigenvalue weighted by Crippen LogP contribution is 2.20. The van der Waals surface area contributed by atoms with Gasteiger partial charge in [0.15, 0.2) is 0 Å². The fourth-order valence-electron chi connectivity index (χ4n) is 7.83. The first kappa shape index (κ1) is 60.6. The van der Waals surface area contributed by atoms with Crippen molar-refractivity contribution in [2.24, 2.45) is 29.1 Å². The highest BCUT2D eigenvalue weighted by atomic mass is 32.2. The van der Waals surface area contributed by atoms with Crippen LogP contribution in [0.5, 0.6) is 0 Å². The number of nitrogens with zero attached hydrogens (tertiary/aromatic N) is 1. The zero-order valence-corrected chi connectivity index (χ0v) is 44.2. The minimum Gasteiger partial charge on any atom is -0.370 e. The van der Waals surface area contributed by atoms with E-state index in [9.17, 15) is 47.9 Å². The zero-order valence-electron chi connectivity index (χ0n) is 43.4. The van der Waals surface area contributed by atoms with Crippen LogP contribution in [0.4, 0.5) is 5.69 Å². The van der Waals surface area contributed by atoms with Crippen LogP contribution in [0, 0.1) is 11.8 Å². The topological polar surface area (TPSA) is 401 Å². The Morgan fingerprint density at radius 3 is 1.91 bits per heavy atom. The maximum absolute atomic E-state index is 14.2. The van der Waals surface area contributed by atoms with Gasteiger partial charge in [0.25, 0.3) is 5.91 Å². The van der Waals surface area contributed by atoms with Crippen LogP contribution >= 0.6 is 11.8 Å². The Morgan fingerprint density at radius 1 is 0.658 bits per heavy atom. The van der Waals surface area contributed by atoms with E-state index in [-0.39, 0.29) is 50.0 Å². The highest BCUT2D eigenvalue weighted by molar-refractivity contribution is 7.98. The molecule has 10 amide bonds. The molecule has 26 heteroatoms. The molecule has 4 aromatic rings. The monoisotopic (exact) mass is 1070 g/mol. The average Bonchev–Trinajstić information content (AvgIpc) is 4.06. The summed E-state index contributed by atoms with van der Waals surface area (Å²) in [6.45, 7) is 7.69. The van der Waals surface area contributed by atoms with E-state index in [4.69, 9.17) is 17.3 Å². The molecule has 0 saturated heterocycles. The van der Waals surface area contributed by atoms with Crippen molar-refractivity contribution in [2.75, 3.05) is 24.0 Å². The number of thioether (sulfide) groups is 1. The Labute approximate surface area is 444 Å². The van der Waals surface area contributed by atoms with Gasteiger partial charge in [-0.05, 0) is 85.9 Å². The third-order valence-corrected chi connectivity index (χ3v) is 12.7. The standard InChI is InChI=1S/C50H71N15O10S/c1-26(2)19-37(48(73)60-35(43(52)68)17-18-76-6)62-49(74)39(21-32-23-54-25-57-32)59-41(67)24-56-50(75)42(27(3)4)64-44(69)28(5)58-47(72)38(20-30-22-55-34-10-8-7-9-33(30)34)63-46(71)36(15-16-40(51)66)61-45(70)29-11-13-31(65-53)14-12-29/h7-14,22-23,25-28,35-39,42,55,65H,15-21,24,53H2,1-6H3,(H2,51,66)(H2,52,68)(H,54,57)(H,56,75)(H,58,72)(H,59,67)(H,60,73)(H,61,70)(H,62,74)(H,63,71)(H,64,69)/t28-,35-,36-,37-,38-,39-,42-/m0/s1. The molecule has 0 bridgehead atoms. The van der Waals surface area contributed by atoms with E-state index in [0.29, 0.717) is 22.7 Å². The van der Waals surface area contributed by atoms with Gasteiger partial charge in [-0.2, -0.15) is 11.8 Å². The number of fused-ring (bicyclic) bond motifs is 1. The fourth-order valence-corrected chi connectivity index (χ4v) is 8.30. The summed E-state index contributed by atoms with van der Waals surface area (Å²) in [6.07, 6.45) is 6.13. The number of nitrogens with one attached hydrogen (secondary N) is 11. The lowest BCUT2D eigenvalue weighted by Crippen LogP contribution is -2.59. The summed E-state index contributed by atoms with van der Waals surface area (Å²) in [4.78, 5) is 144. The second-order valence-electron chi connectivity index (χ2n) is 18.9. The van der Waals surface area contributed by atoms with Crippen LogP contribution in [-0.2, 0) is 56.0 Å². The molecule has 0 aliphatic carbocycles. The predicted octanol–water partition coefficient (Wildman–Crippen LogP) is -0.989. The number of carbonyl (C=O) groups is 10. The van der Waals surface area contributed by atoms with E-state index in [0.717, 1.165) is 10.9 Å². The summed E-state index contributed by atoms with van der Waals surface area (Å²) in [5.74, 6) is -2.13. The van der Waals surface area contributed by atoms with Crippen molar-refractivity contribution in [1.29, 1.82) is 0 Å². The molecule has 7 atom stereocenters. The van der Waals surface area contributed by atoms with Crippen LogP contribution < -0.4 is 65.3 Å². The van der Waals surface area contributed by atoms with Crippen LogP contribution in [0.3, 0.4) is 0 Å². The molecule has 0 fully saturated rings. The molecule has 25 nitrogen and oxygen atoms in total. The number of aromatic amines is 2. The van der Waals surface area contributed by atoms with Crippen molar-refractivity contribution in [1.82, 2.24) is 57.5 Å². The van der Waals surface area contributed by atoms with Crippen molar-refractivity contribution >= 4 is 87.4 Å². The van der Waals surface area contributed by atoms with Crippen LogP contribution in [-0.4, -0.2) is 135 Å². The molecule has 0 saturated carbocycles. The normalized spacial score (nSPS) is 13.9. The quantitative estimate of drug-likeness (QED) is 0.0213. The van der Waals surface area contributed by atoms with E-state index in [1.807, 2.05) is 38.3 Å². The summed E-state index contributed by atoms with van der Waals surface area (Å²) in [6, 6.07) is 4.69. The third-order valence-electron chi connectivity index (χ3n) is 12.0. The first-order chi connectivity index (χ1) is 36.1. The molecule has 76 heavy (non-hydrogen) atoms. The van der Waals surface area contributed by atoms with Crippen molar-refractivity contribution in [3.63, 3.8) is 0 Å². The summed E-state index contributed by atoms with van der Waals surface area (Å²) >= 11 is 1.47. The molecule has 0 aliphatic heterocycles. The van der Waals surface area contributed by atoms with Gasteiger partial charge >= 0.3 is 0 Å². The molecule has 0 radical (unpaired) electrons. The van der Waals surface area contributed by atoms with Crippen molar-refractivity contribution in [2.45, 2.75) is 115 Å². The minimum absolute atomic E-state index is 0.0770. The van der Waals surface area contributed by atoms with E-state index in [2.05, 4.69) is 62.9 Å². The number of benzene rings is 2. The molecule has 0 unspecified atom stereocenters. The fraction of sp³-hybridized carbons (Fsp3) is 0.460. The van der Waals surface area contributed by atoms with Gasteiger partial charge in [0, 0.05) is 59.5 Å². The minimum atomic E-state index is -1.35. The summed E-state index contributed by atoms with van der Waals surface area (Å²) < 4.78 is 0. The molecule has 2 aromatic carbocycles. The Balaban J connectivity index is 1.45. The largest absolute Gasteiger partial charge is 0.370 e. The van der Waals surface area contributed by atoms with Crippen LogP contribution in [0.15, 0.2) is 67.3 Å². The highest BCUT2D eigenvalue weighted by Gasteiger charge is 2.34. The second kappa shape index (κ2) is 29.8. The Hall–Kier alpha value is -8.00. The van der Waals surface area contributed by atoms with Crippen LogP contribution in [0.2, 0.25) is 0 Å². The van der Waals surface area contributed by atoms with Gasteiger partial charge < -0.3 is 69.4 Å². The van der Waals surface area contributed by atoms with Gasteiger partial charge in [-0.1, -0.05) is 45.9 Å². The predicted molar refractivity (Wildman–Crippen MR) is 285 cm³/mol. The first-order valence-electron chi connectivity index (χ1n) is 24.7. The van der Waals surface area contributed by atoms with E-state index < -0.39 is 114 Å². The molecule has 0 aliphatic rings. The maximum atomic E-state index is 14.2. The van der Waals surface area contributed by atoms with Gasteiger partial charge in [0.05, 0.1) is 12.9 Å². The zero-order chi connectivity index (χ0) is 56.1. The molecule has 0 spiro atoms. The van der Waals surface area contributed by atoms with Crippen molar-refractivity contribution in [3.05, 3.63) is 84.1 Å². The lowest BCUT2D eigenvalue weighted by molar-refractivity contribution is -0.135. The van der Waals surface area contributed by atoms with E-state index >= 15 is 0 Å². The Morgan fingerprint density at radius 2 is 1.29 bits per heavy atom. The second-order valence-corrected chi connectivity index (χ2v) is 19.9. The smallest absolute Gasteiger partial charge is 0.251 e. The van der Waals surface area contributed by atoms with Gasteiger partial charge in [0.2, 0.25) is 53.2 Å². The van der Waals surface area contributed by atoms with Gasteiger partial charge in [0.1, 0.15) is 42.3 Å². The number of nitrogen functional groups attached to an aromatic ring is 1. The number of hydrogen-bond donors (Lipinski definition) is 14. The number of rotatable bonds is 31. The number of hydrogen-bond acceptors (Lipinski definition) is 14. The number of H-pyrrole nitrogens is 2. The lowest BCUT2D eigenvalue weighted by Gasteiger charge is -2.26. The number of para-hydroxylation sites is 1. The van der Waals surface area contributed by atoms with Crippen LogP contribution in [0.1, 0.15) is 81.9 Å². The van der Waals surface area contributed by atoms with Gasteiger partial charge in [-0.15, -0.1) is 0 Å². The van der Waals surface area contributed by atoms with Gasteiger partial charge in [-0.25, -0.2) is 4.98 Å². The Bertz CT molecular complexity index is 2640. The molecule has 4 rings (SSSR count). The van der Waals surface area contributed by atoms with Gasteiger partial charge in [-0.3, -0.25) is 53.8 Å². The average molecular weight is 1070 g/mol. The molecule has 412 valence electrons. The maximum Gasteiger partial charge on any atom is 0.251 e. The lowest BCUT2D eigenvalue weighted by atomic mass is 10.0. The molecular weight excluding hydrogens is 1000 g/mol. The molecule has 2 aromatic heterocycles. The summed E-state index contributed by atoms with van der Waals surface area (Å²) in [5.41, 5.74) is 15.9.